The minimum atomic E-state index is -0.00352. The van der Waals surface area contributed by atoms with Crippen LogP contribution in [0.5, 0.6) is 0 Å². The lowest BCUT2D eigenvalue weighted by Crippen LogP contribution is -2.38. The van der Waals surface area contributed by atoms with Crippen LogP contribution in [0.4, 0.5) is 5.95 Å². The molecule has 0 bridgehead atoms. The molecule has 3 aromatic rings. The Labute approximate surface area is 164 Å². The molecule has 148 valence electrons. The average Bonchev–Trinajstić information content (AvgIpc) is 3.31. The second-order valence-electron chi connectivity index (χ2n) is 7.01. The number of carbonyl (C=O) groups is 1. The lowest BCUT2D eigenvalue weighted by molar-refractivity contribution is -0.118. The van der Waals surface area contributed by atoms with Crippen LogP contribution in [0.3, 0.4) is 0 Å². The Morgan fingerprint density at radius 2 is 2.00 bits per heavy atom. The van der Waals surface area contributed by atoms with E-state index in [1.807, 2.05) is 6.07 Å². The number of carbonyl (C=O) groups excluding carboxylic acids is 1. The molecule has 8 heteroatoms. The molecule has 0 saturated carbocycles. The number of rotatable bonds is 7. The van der Waals surface area contributed by atoms with E-state index in [-0.39, 0.29) is 5.91 Å². The molecule has 8 nitrogen and oxygen atoms in total. The number of aromatic nitrogens is 4. The van der Waals surface area contributed by atoms with Gasteiger partial charge < -0.3 is 19.5 Å². The summed E-state index contributed by atoms with van der Waals surface area (Å²) in [6.07, 6.45) is 2.92. The average molecular weight is 382 g/mol. The summed E-state index contributed by atoms with van der Waals surface area (Å²) in [5, 5.41) is 13.1. The molecule has 3 heterocycles. The van der Waals surface area contributed by atoms with Crippen LogP contribution in [0, 0.1) is 0 Å². The molecular formula is C20H26N6O2. The summed E-state index contributed by atoms with van der Waals surface area (Å²) in [6, 6.07) is 10.5. The van der Waals surface area contributed by atoms with Gasteiger partial charge in [0.25, 0.3) is 0 Å². The van der Waals surface area contributed by atoms with Gasteiger partial charge in [0.1, 0.15) is 0 Å². The van der Waals surface area contributed by atoms with Crippen LogP contribution in [-0.2, 0) is 22.6 Å². The number of nitrogens with zero attached hydrogens (tertiary/aromatic N) is 5. The highest BCUT2D eigenvalue weighted by molar-refractivity contribution is 5.80. The third kappa shape index (κ3) is 4.01. The minimum Gasteiger partial charge on any atom is -0.378 e. The summed E-state index contributed by atoms with van der Waals surface area (Å²) in [5.74, 6) is 1.81. The monoisotopic (exact) mass is 382 g/mol. The second-order valence-corrected chi connectivity index (χ2v) is 7.01. The maximum Gasteiger partial charge on any atom is 0.227 e. The summed E-state index contributed by atoms with van der Waals surface area (Å²) in [7, 11) is 0. The number of amides is 1. The van der Waals surface area contributed by atoms with Gasteiger partial charge in [0, 0.05) is 44.8 Å². The van der Waals surface area contributed by atoms with Crippen LogP contribution in [0.1, 0.15) is 19.2 Å². The van der Waals surface area contributed by atoms with Gasteiger partial charge in [0.15, 0.2) is 5.82 Å². The van der Waals surface area contributed by atoms with E-state index in [1.54, 1.807) is 6.92 Å². The van der Waals surface area contributed by atoms with E-state index >= 15 is 0 Å². The van der Waals surface area contributed by atoms with Crippen molar-refractivity contribution in [3.63, 3.8) is 0 Å². The lowest BCUT2D eigenvalue weighted by atomic mass is 10.2. The van der Waals surface area contributed by atoms with E-state index in [2.05, 4.69) is 60.0 Å². The Bertz CT molecular complexity index is 941. The molecule has 1 saturated heterocycles. The summed E-state index contributed by atoms with van der Waals surface area (Å²) in [5.41, 5.74) is 1.18. The van der Waals surface area contributed by atoms with Crippen LogP contribution >= 0.6 is 0 Å². The van der Waals surface area contributed by atoms with Crippen LogP contribution in [0.25, 0.3) is 10.9 Å². The van der Waals surface area contributed by atoms with E-state index < -0.39 is 0 Å². The highest BCUT2D eigenvalue weighted by Gasteiger charge is 2.20. The number of hydrogen-bond acceptors (Lipinski definition) is 5. The Balaban J connectivity index is 1.58. The first-order valence-corrected chi connectivity index (χ1v) is 9.75. The van der Waals surface area contributed by atoms with E-state index in [9.17, 15) is 4.79 Å². The zero-order valence-corrected chi connectivity index (χ0v) is 16.2. The van der Waals surface area contributed by atoms with Gasteiger partial charge in [-0.1, -0.05) is 18.2 Å². The number of fused-ring (bicyclic) bond motifs is 1. The molecule has 1 fully saturated rings. The van der Waals surface area contributed by atoms with Gasteiger partial charge in [-0.2, -0.15) is 0 Å². The molecule has 1 amide bonds. The number of nitrogens with one attached hydrogen (secondary N) is 1. The van der Waals surface area contributed by atoms with Crippen molar-refractivity contribution in [1.29, 1.82) is 0 Å². The number of hydrogen-bond donors (Lipinski definition) is 1. The van der Waals surface area contributed by atoms with Crippen molar-refractivity contribution < 1.29 is 9.53 Å². The molecule has 0 unspecified atom stereocenters. The zero-order chi connectivity index (χ0) is 19.3. The number of ether oxygens (including phenoxy) is 1. The first kappa shape index (κ1) is 18.5. The van der Waals surface area contributed by atoms with Crippen molar-refractivity contribution in [2.75, 3.05) is 37.7 Å². The predicted octanol–water partition coefficient (Wildman–Crippen LogP) is 1.64. The van der Waals surface area contributed by atoms with Crippen LogP contribution in [0.15, 0.2) is 36.5 Å². The van der Waals surface area contributed by atoms with E-state index in [0.717, 1.165) is 37.8 Å². The Kier molecular flexibility index (Phi) is 5.57. The van der Waals surface area contributed by atoms with Crippen molar-refractivity contribution in [3.8, 4) is 0 Å². The predicted molar refractivity (Wildman–Crippen MR) is 107 cm³/mol. The van der Waals surface area contributed by atoms with Crippen LogP contribution in [0.2, 0.25) is 0 Å². The molecule has 0 spiro atoms. The maximum atomic E-state index is 11.2. The second kappa shape index (κ2) is 8.43. The molecule has 1 aliphatic heterocycles. The van der Waals surface area contributed by atoms with Crippen molar-refractivity contribution in [2.45, 2.75) is 26.4 Å². The van der Waals surface area contributed by atoms with Crippen molar-refractivity contribution in [3.05, 3.63) is 42.4 Å². The molecule has 1 aromatic carbocycles. The van der Waals surface area contributed by atoms with Crippen LogP contribution in [-0.4, -0.2) is 58.1 Å². The maximum absolute atomic E-state index is 11.2. The van der Waals surface area contributed by atoms with E-state index in [0.29, 0.717) is 26.3 Å². The third-order valence-electron chi connectivity index (χ3n) is 5.03. The minimum absolute atomic E-state index is 0.00352. The molecule has 4 rings (SSSR count). The number of morpholine rings is 1. The van der Waals surface area contributed by atoms with Gasteiger partial charge in [-0.25, -0.2) is 0 Å². The summed E-state index contributed by atoms with van der Waals surface area (Å²) < 4.78 is 9.86. The van der Waals surface area contributed by atoms with Gasteiger partial charge in [-0.3, -0.25) is 9.36 Å². The molecule has 0 atom stereocenters. The van der Waals surface area contributed by atoms with Gasteiger partial charge in [0.05, 0.1) is 19.8 Å². The van der Waals surface area contributed by atoms with Crippen LogP contribution < -0.4 is 10.2 Å². The van der Waals surface area contributed by atoms with Crippen molar-refractivity contribution in [2.24, 2.45) is 0 Å². The summed E-state index contributed by atoms with van der Waals surface area (Å²) in [4.78, 5) is 13.4. The summed E-state index contributed by atoms with van der Waals surface area (Å²) in [6.45, 7) is 6.64. The van der Waals surface area contributed by atoms with Gasteiger partial charge >= 0.3 is 0 Å². The molecule has 1 N–H and O–H groups in total. The Morgan fingerprint density at radius 1 is 1.18 bits per heavy atom. The fraction of sp³-hybridized carbons (Fsp3) is 0.450. The van der Waals surface area contributed by atoms with Crippen molar-refractivity contribution in [1.82, 2.24) is 24.6 Å². The zero-order valence-electron chi connectivity index (χ0n) is 16.2. The molecule has 0 radical (unpaired) electrons. The standard InChI is InChI=1S/C20H26N6O2/c1-16(27)21-8-4-9-26-19(22-23-20(26)24-11-13-28-14-12-24)15-25-10-7-17-5-2-3-6-18(17)25/h2-3,5-7,10H,4,8-9,11-15H2,1H3,(H,21,27). The number of para-hydroxylation sites is 1. The quantitative estimate of drug-likeness (QED) is 0.629. The molecule has 0 aliphatic carbocycles. The normalized spacial score (nSPS) is 14.5. The topological polar surface area (TPSA) is 77.2 Å². The fourth-order valence-corrected chi connectivity index (χ4v) is 3.60. The lowest BCUT2D eigenvalue weighted by Gasteiger charge is -2.28. The Hall–Kier alpha value is -2.87. The molecular weight excluding hydrogens is 356 g/mol. The molecule has 28 heavy (non-hydrogen) atoms. The van der Waals surface area contributed by atoms with Gasteiger partial charge in [0.2, 0.25) is 11.9 Å². The van der Waals surface area contributed by atoms with Crippen molar-refractivity contribution >= 4 is 22.8 Å². The molecule has 1 aliphatic rings. The highest BCUT2D eigenvalue weighted by atomic mass is 16.5. The molecule has 2 aromatic heterocycles. The smallest absolute Gasteiger partial charge is 0.227 e. The highest BCUT2D eigenvalue weighted by Crippen LogP contribution is 2.20. The van der Waals surface area contributed by atoms with E-state index in [1.165, 1.54) is 10.9 Å². The largest absolute Gasteiger partial charge is 0.378 e. The first-order valence-electron chi connectivity index (χ1n) is 9.75. The van der Waals surface area contributed by atoms with Gasteiger partial charge in [-0.15, -0.1) is 10.2 Å². The fourth-order valence-electron chi connectivity index (χ4n) is 3.60. The SMILES string of the molecule is CC(=O)NCCCn1c(Cn2ccc3ccccc32)nnc1N1CCOCC1. The van der Waals surface area contributed by atoms with Gasteiger partial charge in [-0.05, 0) is 23.9 Å². The number of anilines is 1. The summed E-state index contributed by atoms with van der Waals surface area (Å²) >= 11 is 0. The Morgan fingerprint density at radius 3 is 2.82 bits per heavy atom. The third-order valence-corrected chi connectivity index (χ3v) is 5.03. The number of benzene rings is 1. The first-order chi connectivity index (χ1) is 13.7. The van der Waals surface area contributed by atoms with E-state index in [4.69, 9.17) is 4.74 Å².